The van der Waals surface area contributed by atoms with Crippen molar-refractivity contribution in [2.45, 2.75) is 59.5 Å². The molecule has 3 atom stereocenters. The van der Waals surface area contributed by atoms with Gasteiger partial charge in [-0.25, -0.2) is 0 Å². The smallest absolute Gasteiger partial charge is 0.259 e. The summed E-state index contributed by atoms with van der Waals surface area (Å²) in [7, 11) is 0. The van der Waals surface area contributed by atoms with Gasteiger partial charge in [-0.15, -0.1) is 0 Å². The van der Waals surface area contributed by atoms with Gasteiger partial charge in [-0.1, -0.05) is 19.0 Å². The van der Waals surface area contributed by atoms with Crippen LogP contribution in [-0.4, -0.2) is 64.4 Å². The van der Waals surface area contributed by atoms with Gasteiger partial charge in [0.1, 0.15) is 17.9 Å². The van der Waals surface area contributed by atoms with E-state index in [-0.39, 0.29) is 42.3 Å². The SMILES string of the molecule is CCNC(=O)[C@@H]1C[C@@H]2CN(C(=O)c3c(C)noc3C)CC(=O)N2[C@@H]1CC(C)C. The van der Waals surface area contributed by atoms with Crippen molar-refractivity contribution < 1.29 is 18.9 Å². The third-order valence-corrected chi connectivity index (χ3v) is 5.72. The highest BCUT2D eigenvalue weighted by Gasteiger charge is 2.50. The zero-order chi connectivity index (χ0) is 20.6. The number of amides is 3. The van der Waals surface area contributed by atoms with Crippen molar-refractivity contribution in [1.82, 2.24) is 20.3 Å². The Morgan fingerprint density at radius 2 is 2.04 bits per heavy atom. The summed E-state index contributed by atoms with van der Waals surface area (Å²) in [6.45, 7) is 10.5. The molecule has 0 aromatic carbocycles. The molecule has 0 spiro atoms. The lowest BCUT2D eigenvalue weighted by Gasteiger charge is -2.40. The Bertz CT molecular complexity index is 753. The Balaban J connectivity index is 1.83. The molecular formula is C20H30N4O4. The summed E-state index contributed by atoms with van der Waals surface area (Å²) in [4.78, 5) is 42.1. The molecule has 1 aromatic rings. The van der Waals surface area contributed by atoms with Crippen molar-refractivity contribution in [2.75, 3.05) is 19.6 Å². The Kier molecular flexibility index (Phi) is 5.76. The highest BCUT2D eigenvalue weighted by Crippen LogP contribution is 2.37. The maximum Gasteiger partial charge on any atom is 0.259 e. The number of carbonyl (C=O) groups is 3. The van der Waals surface area contributed by atoms with Crippen LogP contribution in [-0.2, 0) is 9.59 Å². The number of carbonyl (C=O) groups excluding carboxylic acids is 3. The summed E-state index contributed by atoms with van der Waals surface area (Å²) < 4.78 is 5.11. The highest BCUT2D eigenvalue weighted by atomic mass is 16.5. The van der Waals surface area contributed by atoms with Crippen molar-refractivity contribution in [3.8, 4) is 0 Å². The van der Waals surface area contributed by atoms with Gasteiger partial charge in [0.15, 0.2) is 0 Å². The van der Waals surface area contributed by atoms with Crippen LogP contribution < -0.4 is 5.32 Å². The topological polar surface area (TPSA) is 95.7 Å². The molecular weight excluding hydrogens is 360 g/mol. The molecule has 0 unspecified atom stereocenters. The second-order valence-corrected chi connectivity index (χ2v) is 8.27. The molecule has 2 saturated heterocycles. The van der Waals surface area contributed by atoms with Gasteiger partial charge >= 0.3 is 0 Å². The molecule has 8 nitrogen and oxygen atoms in total. The minimum absolute atomic E-state index is 0.000972. The number of aryl methyl sites for hydroxylation is 2. The van der Waals surface area contributed by atoms with Crippen LogP contribution in [0.3, 0.4) is 0 Å². The number of hydrogen-bond donors (Lipinski definition) is 1. The summed E-state index contributed by atoms with van der Waals surface area (Å²) in [5.41, 5.74) is 0.958. The van der Waals surface area contributed by atoms with Crippen molar-refractivity contribution in [3.05, 3.63) is 17.0 Å². The van der Waals surface area contributed by atoms with E-state index in [0.29, 0.717) is 42.4 Å². The number of nitrogens with zero attached hydrogens (tertiary/aromatic N) is 3. The fraction of sp³-hybridized carbons (Fsp3) is 0.700. The molecule has 0 radical (unpaired) electrons. The average Bonchev–Trinajstić information content (AvgIpc) is 3.14. The monoisotopic (exact) mass is 390 g/mol. The van der Waals surface area contributed by atoms with E-state index in [1.807, 2.05) is 11.8 Å². The molecule has 2 fully saturated rings. The number of nitrogens with one attached hydrogen (secondary N) is 1. The zero-order valence-corrected chi connectivity index (χ0v) is 17.3. The molecule has 28 heavy (non-hydrogen) atoms. The predicted octanol–water partition coefficient (Wildman–Crippen LogP) is 1.52. The van der Waals surface area contributed by atoms with Gasteiger partial charge in [0.25, 0.3) is 5.91 Å². The first-order chi connectivity index (χ1) is 13.2. The molecule has 0 saturated carbocycles. The van der Waals surface area contributed by atoms with Gasteiger partial charge < -0.3 is 19.6 Å². The Labute approximate surface area is 165 Å². The van der Waals surface area contributed by atoms with E-state index in [1.54, 1.807) is 18.7 Å². The first kappa shape index (κ1) is 20.4. The number of rotatable bonds is 5. The van der Waals surface area contributed by atoms with E-state index in [4.69, 9.17) is 4.52 Å². The summed E-state index contributed by atoms with van der Waals surface area (Å²) in [6, 6.07) is -0.248. The van der Waals surface area contributed by atoms with Gasteiger partial charge in [0.05, 0.1) is 17.7 Å². The van der Waals surface area contributed by atoms with Crippen LogP contribution in [0.2, 0.25) is 0 Å². The second-order valence-electron chi connectivity index (χ2n) is 8.27. The first-order valence-corrected chi connectivity index (χ1v) is 10.1. The molecule has 1 aromatic heterocycles. The maximum atomic E-state index is 13.0. The van der Waals surface area contributed by atoms with Crippen molar-refractivity contribution >= 4 is 17.7 Å². The number of aromatic nitrogens is 1. The molecule has 0 bridgehead atoms. The van der Waals surface area contributed by atoms with Crippen molar-refractivity contribution in [1.29, 1.82) is 0 Å². The fourth-order valence-corrected chi connectivity index (χ4v) is 4.59. The molecule has 3 heterocycles. The standard InChI is InChI=1S/C20H30N4O4/c1-6-21-19(26)15-8-14-9-23(20(27)18-12(4)22-28-13(18)5)10-17(25)24(14)16(15)7-11(2)3/h11,14-16H,6-10H2,1-5H3,(H,21,26)/t14-,15-,16-/m1/s1. The molecule has 0 aliphatic carbocycles. The van der Waals surface area contributed by atoms with Gasteiger partial charge in [0, 0.05) is 19.1 Å². The first-order valence-electron chi connectivity index (χ1n) is 10.1. The molecule has 3 amide bonds. The summed E-state index contributed by atoms with van der Waals surface area (Å²) in [6.07, 6.45) is 1.36. The summed E-state index contributed by atoms with van der Waals surface area (Å²) in [5.74, 6) is 0.279. The Morgan fingerprint density at radius 1 is 1.32 bits per heavy atom. The molecule has 8 heteroatoms. The Hall–Kier alpha value is -2.38. The van der Waals surface area contributed by atoms with Gasteiger partial charge in [-0.3, -0.25) is 14.4 Å². The van der Waals surface area contributed by atoms with Crippen LogP contribution in [0, 0.1) is 25.7 Å². The third kappa shape index (κ3) is 3.64. The highest BCUT2D eigenvalue weighted by molar-refractivity contribution is 5.99. The molecule has 2 aliphatic heterocycles. The largest absolute Gasteiger partial charge is 0.361 e. The van der Waals surface area contributed by atoms with Crippen LogP contribution in [0.1, 0.15) is 55.4 Å². The van der Waals surface area contributed by atoms with Crippen molar-refractivity contribution in [2.24, 2.45) is 11.8 Å². The van der Waals surface area contributed by atoms with E-state index in [1.165, 1.54) is 0 Å². The van der Waals surface area contributed by atoms with Crippen LogP contribution in [0.5, 0.6) is 0 Å². The lowest BCUT2D eigenvalue weighted by Crippen LogP contribution is -2.58. The number of fused-ring (bicyclic) bond motifs is 1. The average molecular weight is 390 g/mol. The van der Waals surface area contributed by atoms with Crippen LogP contribution in [0.4, 0.5) is 0 Å². The van der Waals surface area contributed by atoms with E-state index in [0.717, 1.165) is 6.42 Å². The lowest BCUT2D eigenvalue weighted by atomic mass is 9.91. The molecule has 2 aliphatic rings. The van der Waals surface area contributed by atoms with Crippen LogP contribution >= 0.6 is 0 Å². The quantitative estimate of drug-likeness (QED) is 0.822. The molecule has 154 valence electrons. The van der Waals surface area contributed by atoms with Gasteiger partial charge in [-0.05, 0) is 39.5 Å². The fourth-order valence-electron chi connectivity index (χ4n) is 4.59. The Morgan fingerprint density at radius 3 is 2.61 bits per heavy atom. The minimum atomic E-state index is -0.231. The van der Waals surface area contributed by atoms with Gasteiger partial charge in [-0.2, -0.15) is 0 Å². The van der Waals surface area contributed by atoms with E-state index >= 15 is 0 Å². The van der Waals surface area contributed by atoms with Crippen LogP contribution in [0.15, 0.2) is 4.52 Å². The predicted molar refractivity (Wildman–Crippen MR) is 103 cm³/mol. The van der Waals surface area contributed by atoms with E-state index < -0.39 is 0 Å². The lowest BCUT2D eigenvalue weighted by molar-refractivity contribution is -0.140. The molecule has 1 N–H and O–H groups in total. The normalized spacial score (nSPS) is 24.6. The second kappa shape index (κ2) is 7.93. The maximum absolute atomic E-state index is 13.0. The van der Waals surface area contributed by atoms with E-state index in [2.05, 4.69) is 24.3 Å². The summed E-state index contributed by atoms with van der Waals surface area (Å²) in [5, 5.41) is 6.76. The minimum Gasteiger partial charge on any atom is -0.361 e. The number of hydrogen-bond acceptors (Lipinski definition) is 5. The number of piperazine rings is 1. The van der Waals surface area contributed by atoms with Crippen molar-refractivity contribution in [3.63, 3.8) is 0 Å². The van der Waals surface area contributed by atoms with E-state index in [9.17, 15) is 14.4 Å². The third-order valence-electron chi connectivity index (χ3n) is 5.72. The van der Waals surface area contributed by atoms with Gasteiger partial charge in [0.2, 0.25) is 11.8 Å². The summed E-state index contributed by atoms with van der Waals surface area (Å²) >= 11 is 0. The van der Waals surface area contributed by atoms with Crippen LogP contribution in [0.25, 0.3) is 0 Å². The molecule has 3 rings (SSSR count). The zero-order valence-electron chi connectivity index (χ0n) is 17.3.